The smallest absolute Gasteiger partial charge is 0.262 e. The molecule has 0 radical (unpaired) electrons. The number of nitrogens with zero attached hydrogens (tertiary/aromatic N) is 1. The Morgan fingerprint density at radius 3 is 2.50 bits per heavy atom. The number of aromatic nitrogens is 1. The van der Waals surface area contributed by atoms with Gasteiger partial charge in [0.25, 0.3) is 5.92 Å². The summed E-state index contributed by atoms with van der Waals surface area (Å²) in [4.78, 5) is 15.4. The fraction of sp³-hybridized carbons (Fsp3) is 0.400. The number of nitrogens with one attached hydrogen (secondary N) is 2. The predicted molar refractivity (Wildman–Crippen MR) is 68.7 cm³/mol. The van der Waals surface area contributed by atoms with Crippen molar-refractivity contribution in [3.8, 4) is 0 Å². The average molecular weight is 300 g/mol. The van der Waals surface area contributed by atoms with Gasteiger partial charge in [0, 0.05) is 24.5 Å². The summed E-state index contributed by atoms with van der Waals surface area (Å²) in [6.45, 7) is -0.443. The summed E-state index contributed by atoms with van der Waals surface area (Å²) in [7, 11) is 0. The number of amides is 1. The molecule has 0 bridgehead atoms. The minimum atomic E-state index is -2.79. The van der Waals surface area contributed by atoms with Crippen molar-refractivity contribution in [3.63, 3.8) is 0 Å². The van der Waals surface area contributed by atoms with Gasteiger partial charge in [-0.2, -0.15) is 0 Å². The van der Waals surface area contributed by atoms with Gasteiger partial charge in [-0.25, -0.2) is 8.78 Å². The Morgan fingerprint density at radius 1 is 1.39 bits per heavy atom. The molecule has 1 aliphatic heterocycles. The summed E-state index contributed by atoms with van der Waals surface area (Å²) in [6.07, 6.45) is 2.59. The van der Waals surface area contributed by atoms with Crippen molar-refractivity contribution < 1.29 is 13.6 Å². The van der Waals surface area contributed by atoms with Gasteiger partial charge >= 0.3 is 0 Å². The van der Waals surface area contributed by atoms with Crippen LogP contribution in [0.25, 0.3) is 0 Å². The van der Waals surface area contributed by atoms with Crippen molar-refractivity contribution in [1.29, 1.82) is 0 Å². The van der Waals surface area contributed by atoms with Gasteiger partial charge in [0.05, 0.1) is 12.6 Å². The maximum Gasteiger partial charge on any atom is 0.262 e. The Kier molecular flexibility index (Phi) is 6.45. The molecule has 1 amide bonds. The van der Waals surface area contributed by atoms with Crippen LogP contribution in [0.15, 0.2) is 24.5 Å². The number of halogens is 4. The molecular formula is C10H13Cl2F2N3O. The second-order valence-corrected chi connectivity index (χ2v) is 3.72. The molecule has 1 saturated heterocycles. The number of pyridine rings is 1. The Hall–Kier alpha value is -0.980. The minimum absolute atomic E-state index is 0. The summed E-state index contributed by atoms with van der Waals surface area (Å²) in [5.41, 5.74) is 0.553. The molecular weight excluding hydrogens is 287 g/mol. The second-order valence-electron chi connectivity index (χ2n) is 3.72. The highest BCUT2D eigenvalue weighted by molar-refractivity contribution is 5.95. The lowest BCUT2D eigenvalue weighted by atomic mass is 10.2. The van der Waals surface area contributed by atoms with E-state index in [1.54, 1.807) is 12.1 Å². The zero-order valence-electron chi connectivity index (χ0n) is 9.23. The molecule has 2 rings (SSSR count). The van der Waals surface area contributed by atoms with E-state index in [1.807, 2.05) is 0 Å². The lowest BCUT2D eigenvalue weighted by Gasteiger charge is -2.10. The topological polar surface area (TPSA) is 54.0 Å². The van der Waals surface area contributed by atoms with Gasteiger partial charge in [-0.05, 0) is 12.1 Å². The van der Waals surface area contributed by atoms with Crippen LogP contribution >= 0.6 is 24.8 Å². The van der Waals surface area contributed by atoms with Crippen molar-refractivity contribution in [3.05, 3.63) is 24.5 Å². The Labute approximate surface area is 115 Å². The van der Waals surface area contributed by atoms with Gasteiger partial charge in [0.1, 0.15) is 0 Å². The van der Waals surface area contributed by atoms with Crippen LogP contribution in [0.1, 0.15) is 6.42 Å². The molecule has 1 aromatic heterocycles. The highest BCUT2D eigenvalue weighted by Gasteiger charge is 2.42. The first-order valence-electron chi connectivity index (χ1n) is 4.89. The molecule has 102 valence electrons. The summed E-state index contributed by atoms with van der Waals surface area (Å²) >= 11 is 0. The van der Waals surface area contributed by atoms with Gasteiger partial charge in [0.15, 0.2) is 0 Å². The van der Waals surface area contributed by atoms with Crippen LogP contribution in [-0.2, 0) is 4.79 Å². The number of hydrogen-bond donors (Lipinski definition) is 2. The fourth-order valence-corrected chi connectivity index (χ4v) is 1.57. The van der Waals surface area contributed by atoms with Crippen molar-refractivity contribution >= 4 is 36.4 Å². The van der Waals surface area contributed by atoms with Crippen molar-refractivity contribution in [1.82, 2.24) is 10.3 Å². The van der Waals surface area contributed by atoms with Gasteiger partial charge in [-0.3, -0.25) is 15.1 Å². The molecule has 0 spiro atoms. The lowest BCUT2D eigenvalue weighted by molar-refractivity contribution is -0.118. The molecule has 0 aliphatic carbocycles. The van der Waals surface area contributed by atoms with Crippen LogP contribution in [0.4, 0.5) is 14.5 Å². The normalized spacial score (nSPS) is 20.4. The first-order valence-corrected chi connectivity index (χ1v) is 4.89. The Morgan fingerprint density at radius 2 is 2.00 bits per heavy atom. The first-order chi connectivity index (χ1) is 7.57. The molecule has 4 nitrogen and oxygen atoms in total. The van der Waals surface area contributed by atoms with Gasteiger partial charge in [-0.1, -0.05) is 0 Å². The third kappa shape index (κ3) is 4.36. The predicted octanol–water partition coefficient (Wildman–Crippen LogP) is 1.86. The second kappa shape index (κ2) is 6.82. The van der Waals surface area contributed by atoms with Gasteiger partial charge < -0.3 is 5.32 Å². The molecule has 1 atom stereocenters. The van der Waals surface area contributed by atoms with Crippen LogP contribution in [0.5, 0.6) is 0 Å². The van der Waals surface area contributed by atoms with E-state index < -0.39 is 30.8 Å². The molecule has 1 aromatic rings. The summed E-state index contributed by atoms with van der Waals surface area (Å²) < 4.78 is 25.7. The third-order valence-corrected chi connectivity index (χ3v) is 2.37. The van der Waals surface area contributed by atoms with E-state index in [1.165, 1.54) is 12.4 Å². The van der Waals surface area contributed by atoms with E-state index in [9.17, 15) is 13.6 Å². The fourth-order valence-electron chi connectivity index (χ4n) is 1.57. The molecule has 18 heavy (non-hydrogen) atoms. The number of alkyl halides is 2. The van der Waals surface area contributed by atoms with Crippen LogP contribution in [0.2, 0.25) is 0 Å². The molecule has 2 N–H and O–H groups in total. The van der Waals surface area contributed by atoms with Crippen molar-refractivity contribution in [2.24, 2.45) is 0 Å². The van der Waals surface area contributed by atoms with E-state index in [-0.39, 0.29) is 24.8 Å². The maximum atomic E-state index is 12.8. The maximum absolute atomic E-state index is 12.8. The number of rotatable bonds is 2. The zero-order chi connectivity index (χ0) is 11.6. The number of carbonyl (C=O) groups is 1. The third-order valence-electron chi connectivity index (χ3n) is 2.37. The lowest BCUT2D eigenvalue weighted by Crippen LogP contribution is -2.35. The van der Waals surface area contributed by atoms with Crippen LogP contribution in [-0.4, -0.2) is 29.4 Å². The summed E-state index contributed by atoms with van der Waals surface area (Å²) in [5.74, 6) is -3.23. The monoisotopic (exact) mass is 299 g/mol. The molecule has 2 heterocycles. The van der Waals surface area contributed by atoms with E-state index in [0.717, 1.165) is 0 Å². The number of anilines is 1. The highest BCUT2D eigenvalue weighted by Crippen LogP contribution is 2.25. The highest BCUT2D eigenvalue weighted by atomic mass is 35.5. The largest absolute Gasteiger partial charge is 0.325 e. The van der Waals surface area contributed by atoms with Crippen LogP contribution in [0, 0.1) is 0 Å². The van der Waals surface area contributed by atoms with Crippen molar-refractivity contribution in [2.75, 3.05) is 11.9 Å². The van der Waals surface area contributed by atoms with E-state index in [2.05, 4.69) is 15.6 Å². The first kappa shape index (κ1) is 17.0. The molecule has 1 fully saturated rings. The van der Waals surface area contributed by atoms with Crippen LogP contribution in [0.3, 0.4) is 0 Å². The van der Waals surface area contributed by atoms with Crippen molar-refractivity contribution in [2.45, 2.75) is 18.4 Å². The molecule has 1 aliphatic rings. The van der Waals surface area contributed by atoms with E-state index in [0.29, 0.717) is 5.69 Å². The Bertz CT molecular complexity index is 392. The summed E-state index contributed by atoms with van der Waals surface area (Å²) in [6, 6.07) is 2.37. The molecule has 0 saturated carbocycles. The average Bonchev–Trinajstić information content (AvgIpc) is 2.60. The van der Waals surface area contributed by atoms with Gasteiger partial charge in [-0.15, -0.1) is 24.8 Å². The zero-order valence-corrected chi connectivity index (χ0v) is 10.9. The number of carbonyl (C=O) groups excluding carboxylic acids is 1. The molecule has 8 heteroatoms. The quantitative estimate of drug-likeness (QED) is 0.876. The van der Waals surface area contributed by atoms with Gasteiger partial charge in [0.2, 0.25) is 5.91 Å². The standard InChI is InChI=1S/C10H11F2N3O.2ClH/c11-10(12)5-8(14-6-10)9(16)15-7-1-3-13-4-2-7;;/h1-4,8,14H,5-6H2,(H,13,15,16);2*1H. The number of hydrogen-bond acceptors (Lipinski definition) is 3. The Balaban J connectivity index is 0.00000144. The molecule has 1 unspecified atom stereocenters. The van der Waals surface area contributed by atoms with Crippen LogP contribution < -0.4 is 10.6 Å². The van der Waals surface area contributed by atoms with E-state index in [4.69, 9.17) is 0 Å². The minimum Gasteiger partial charge on any atom is -0.325 e. The summed E-state index contributed by atoms with van der Waals surface area (Å²) in [5, 5.41) is 5.04. The SMILES string of the molecule is Cl.Cl.O=C(Nc1ccncc1)C1CC(F)(F)CN1. The molecule has 0 aromatic carbocycles. The van der Waals surface area contributed by atoms with E-state index >= 15 is 0 Å².